The van der Waals surface area contributed by atoms with Gasteiger partial charge in [-0.3, -0.25) is 0 Å². The predicted molar refractivity (Wildman–Crippen MR) is 95.5 cm³/mol. The molecule has 0 N–H and O–H groups in total. The van der Waals surface area contributed by atoms with E-state index in [0.29, 0.717) is 17.5 Å². The van der Waals surface area contributed by atoms with Gasteiger partial charge >= 0.3 is 0 Å². The van der Waals surface area contributed by atoms with Crippen molar-refractivity contribution in [3.8, 4) is 17.2 Å². The zero-order chi connectivity index (χ0) is 17.6. The molecule has 8 heteroatoms. The molecular formula is C17H21N5O2S. The maximum absolute atomic E-state index is 5.76. The Labute approximate surface area is 150 Å². The maximum Gasteiger partial charge on any atom is 0.247 e. The van der Waals surface area contributed by atoms with Gasteiger partial charge in [0.2, 0.25) is 11.8 Å². The number of rotatable bonds is 8. The van der Waals surface area contributed by atoms with E-state index < -0.39 is 0 Å². The first-order valence-electron chi connectivity index (χ1n) is 8.26. The van der Waals surface area contributed by atoms with Crippen LogP contribution < -0.4 is 4.74 Å². The van der Waals surface area contributed by atoms with E-state index in [2.05, 4.69) is 38.8 Å². The summed E-state index contributed by atoms with van der Waals surface area (Å²) in [5.74, 6) is 3.38. The first-order valence-corrected chi connectivity index (χ1v) is 9.25. The molecule has 7 nitrogen and oxygen atoms in total. The molecule has 1 aromatic carbocycles. The summed E-state index contributed by atoms with van der Waals surface area (Å²) in [5, 5.41) is 17.7. The normalized spacial score (nSPS) is 11.0. The zero-order valence-electron chi connectivity index (χ0n) is 14.6. The van der Waals surface area contributed by atoms with Crippen LogP contribution in [0.1, 0.15) is 32.0 Å². The van der Waals surface area contributed by atoms with Crippen molar-refractivity contribution in [1.29, 1.82) is 0 Å². The Bertz CT molecular complexity index is 830. The Kier molecular flexibility index (Phi) is 5.70. The van der Waals surface area contributed by atoms with Gasteiger partial charge in [0.15, 0.2) is 5.16 Å². The molecule has 0 amide bonds. The number of hydrogen-bond donors (Lipinski definition) is 0. The van der Waals surface area contributed by atoms with Crippen molar-refractivity contribution in [2.45, 2.75) is 44.1 Å². The van der Waals surface area contributed by atoms with Gasteiger partial charge < -0.3 is 13.7 Å². The minimum absolute atomic E-state index is 0.484. The zero-order valence-corrected chi connectivity index (χ0v) is 15.4. The molecule has 0 radical (unpaired) electrons. The van der Waals surface area contributed by atoms with Crippen molar-refractivity contribution >= 4 is 11.8 Å². The van der Waals surface area contributed by atoms with E-state index in [1.54, 1.807) is 18.9 Å². The van der Waals surface area contributed by atoms with Crippen LogP contribution in [0.4, 0.5) is 0 Å². The second-order valence-electron chi connectivity index (χ2n) is 5.41. The summed E-state index contributed by atoms with van der Waals surface area (Å²) in [5.41, 5.74) is 0.838. The number of aromatic nitrogens is 5. The van der Waals surface area contributed by atoms with Crippen molar-refractivity contribution in [3.05, 3.63) is 36.0 Å². The van der Waals surface area contributed by atoms with E-state index in [0.717, 1.165) is 41.7 Å². The van der Waals surface area contributed by atoms with Crippen molar-refractivity contribution in [2.24, 2.45) is 0 Å². The van der Waals surface area contributed by atoms with E-state index in [1.165, 1.54) is 0 Å². The van der Waals surface area contributed by atoms with Crippen LogP contribution in [0.5, 0.6) is 5.75 Å². The first-order chi connectivity index (χ1) is 12.2. The summed E-state index contributed by atoms with van der Waals surface area (Å²) in [4.78, 5) is 0. The van der Waals surface area contributed by atoms with Crippen molar-refractivity contribution in [2.75, 3.05) is 7.11 Å². The molecule has 0 atom stereocenters. The van der Waals surface area contributed by atoms with Gasteiger partial charge in [-0.2, -0.15) is 0 Å². The molecule has 25 heavy (non-hydrogen) atoms. The van der Waals surface area contributed by atoms with Crippen LogP contribution in [0.3, 0.4) is 0 Å². The smallest absolute Gasteiger partial charge is 0.247 e. The summed E-state index contributed by atoms with van der Waals surface area (Å²) < 4.78 is 13.1. The Hall–Kier alpha value is -2.35. The van der Waals surface area contributed by atoms with E-state index in [1.807, 2.05) is 24.3 Å². The second kappa shape index (κ2) is 8.15. The van der Waals surface area contributed by atoms with Gasteiger partial charge in [0.05, 0.1) is 12.9 Å². The highest BCUT2D eigenvalue weighted by atomic mass is 32.2. The van der Waals surface area contributed by atoms with Gasteiger partial charge in [0.25, 0.3) is 0 Å². The first kappa shape index (κ1) is 17.5. The molecule has 0 aliphatic carbocycles. The maximum atomic E-state index is 5.76. The number of methoxy groups -OCH3 is 1. The summed E-state index contributed by atoms with van der Waals surface area (Å²) in [6.07, 6.45) is 1.98. The molecule has 2 aromatic heterocycles. The van der Waals surface area contributed by atoms with Crippen LogP contribution in [0.2, 0.25) is 0 Å². The number of ether oxygens (including phenoxy) is 1. The van der Waals surface area contributed by atoms with Gasteiger partial charge in [-0.1, -0.05) is 24.8 Å². The van der Waals surface area contributed by atoms with Crippen LogP contribution in [-0.4, -0.2) is 32.1 Å². The highest BCUT2D eigenvalue weighted by molar-refractivity contribution is 7.98. The third-order valence-electron chi connectivity index (χ3n) is 3.69. The fourth-order valence-corrected chi connectivity index (χ4v) is 3.32. The standard InChI is InChI=1S/C17H21N5O2S/c1-4-7-14-18-21-17(22(14)5-2)25-11-15-19-20-16(24-15)12-8-6-9-13(10-12)23-3/h6,8-10H,4-5,7,11H2,1-3H3. The molecule has 0 unspecified atom stereocenters. The Morgan fingerprint density at radius 1 is 1.16 bits per heavy atom. The summed E-state index contributed by atoms with van der Waals surface area (Å²) >= 11 is 1.56. The third-order valence-corrected chi connectivity index (χ3v) is 4.64. The fraction of sp³-hybridized carbons (Fsp3) is 0.412. The van der Waals surface area contributed by atoms with Crippen molar-refractivity contribution in [1.82, 2.24) is 25.0 Å². The Morgan fingerprint density at radius 3 is 2.80 bits per heavy atom. The second-order valence-corrected chi connectivity index (χ2v) is 6.36. The van der Waals surface area contributed by atoms with Crippen LogP contribution in [0, 0.1) is 0 Å². The molecular weight excluding hydrogens is 338 g/mol. The number of hydrogen-bond acceptors (Lipinski definition) is 7. The molecule has 0 aliphatic rings. The lowest BCUT2D eigenvalue weighted by molar-refractivity contribution is 0.414. The van der Waals surface area contributed by atoms with E-state index >= 15 is 0 Å². The molecule has 0 fully saturated rings. The Morgan fingerprint density at radius 2 is 2.04 bits per heavy atom. The fourth-order valence-electron chi connectivity index (χ4n) is 2.46. The highest BCUT2D eigenvalue weighted by Crippen LogP contribution is 2.26. The van der Waals surface area contributed by atoms with Crippen LogP contribution in [-0.2, 0) is 18.7 Å². The number of aryl methyl sites for hydroxylation is 1. The quantitative estimate of drug-likeness (QED) is 0.569. The average Bonchev–Trinajstić information content (AvgIpc) is 3.27. The molecule has 3 rings (SSSR count). The van der Waals surface area contributed by atoms with Crippen molar-refractivity contribution in [3.63, 3.8) is 0 Å². The van der Waals surface area contributed by atoms with E-state index in [-0.39, 0.29) is 0 Å². The molecule has 2 heterocycles. The van der Waals surface area contributed by atoms with Crippen LogP contribution in [0.25, 0.3) is 11.5 Å². The molecule has 132 valence electrons. The minimum atomic E-state index is 0.484. The number of nitrogens with zero attached hydrogens (tertiary/aromatic N) is 5. The van der Waals surface area contributed by atoms with Crippen LogP contribution >= 0.6 is 11.8 Å². The monoisotopic (exact) mass is 359 g/mol. The van der Waals surface area contributed by atoms with E-state index in [9.17, 15) is 0 Å². The molecule has 0 spiro atoms. The Balaban J connectivity index is 1.70. The topological polar surface area (TPSA) is 78.9 Å². The number of thioether (sulfide) groups is 1. The lowest BCUT2D eigenvalue weighted by Crippen LogP contribution is -2.03. The largest absolute Gasteiger partial charge is 0.497 e. The SMILES string of the molecule is CCCc1nnc(SCc2nnc(-c3cccc(OC)c3)o2)n1CC. The predicted octanol–water partition coefficient (Wildman–Crippen LogP) is 3.60. The molecule has 0 saturated carbocycles. The van der Waals surface area contributed by atoms with E-state index in [4.69, 9.17) is 9.15 Å². The molecule has 0 saturated heterocycles. The number of benzene rings is 1. The summed E-state index contributed by atoms with van der Waals surface area (Å²) in [6.45, 7) is 5.09. The summed E-state index contributed by atoms with van der Waals surface area (Å²) in [7, 11) is 1.63. The van der Waals surface area contributed by atoms with Gasteiger partial charge in [-0.05, 0) is 31.5 Å². The van der Waals surface area contributed by atoms with Gasteiger partial charge in [0, 0.05) is 18.5 Å². The van der Waals surface area contributed by atoms with Crippen LogP contribution in [0.15, 0.2) is 33.8 Å². The average molecular weight is 359 g/mol. The van der Waals surface area contributed by atoms with Gasteiger partial charge in [0.1, 0.15) is 11.6 Å². The minimum Gasteiger partial charge on any atom is -0.497 e. The lowest BCUT2D eigenvalue weighted by atomic mass is 10.2. The lowest BCUT2D eigenvalue weighted by Gasteiger charge is -2.05. The van der Waals surface area contributed by atoms with Gasteiger partial charge in [-0.15, -0.1) is 20.4 Å². The molecule has 0 aliphatic heterocycles. The highest BCUT2D eigenvalue weighted by Gasteiger charge is 2.14. The van der Waals surface area contributed by atoms with Gasteiger partial charge in [-0.25, -0.2) is 0 Å². The molecule has 0 bridgehead atoms. The van der Waals surface area contributed by atoms with Crippen molar-refractivity contribution < 1.29 is 9.15 Å². The summed E-state index contributed by atoms with van der Waals surface area (Å²) in [6, 6.07) is 7.56. The molecule has 3 aromatic rings. The third kappa shape index (κ3) is 4.01.